The first-order chi connectivity index (χ1) is 9.46. The molecule has 0 nitrogen and oxygen atoms in total. The zero-order valence-electron chi connectivity index (χ0n) is 15.5. The van der Waals surface area contributed by atoms with Gasteiger partial charge >= 0.3 is 0 Å². The zero-order valence-corrected chi connectivity index (χ0v) is 15.5. The molecule has 0 radical (unpaired) electrons. The fourth-order valence-electron chi connectivity index (χ4n) is 2.64. The second-order valence-electron chi connectivity index (χ2n) is 8.64. The first-order valence-electron chi connectivity index (χ1n) is 8.25. The molecule has 0 N–H and O–H groups in total. The molecule has 0 heterocycles. The number of allylic oxidation sites excluding steroid dienone is 2. The minimum atomic E-state index is 0.188. The van der Waals surface area contributed by atoms with E-state index in [0.717, 1.165) is 0 Å². The van der Waals surface area contributed by atoms with E-state index in [4.69, 9.17) is 0 Å². The van der Waals surface area contributed by atoms with E-state index in [-0.39, 0.29) is 10.8 Å². The summed E-state index contributed by atoms with van der Waals surface area (Å²) in [6, 6.07) is 7.23. The third-order valence-electron chi connectivity index (χ3n) is 4.19. The molecule has 118 valence electrons. The van der Waals surface area contributed by atoms with Crippen LogP contribution in [0.2, 0.25) is 0 Å². The summed E-state index contributed by atoms with van der Waals surface area (Å²) in [6.45, 7) is 20.6. The van der Waals surface area contributed by atoms with E-state index >= 15 is 0 Å². The van der Waals surface area contributed by atoms with Gasteiger partial charge in [0.2, 0.25) is 0 Å². The van der Waals surface area contributed by atoms with Crippen molar-refractivity contribution >= 4 is 0 Å². The Balaban J connectivity index is 3.51. The molecule has 0 heteroatoms. The van der Waals surface area contributed by atoms with Crippen LogP contribution in [0.1, 0.15) is 84.9 Å². The number of hydrogen-bond acceptors (Lipinski definition) is 0. The smallest absolute Gasteiger partial charge is 0.00411 e. The molecule has 1 rings (SSSR count). The molecule has 0 saturated heterocycles. The van der Waals surface area contributed by atoms with E-state index in [2.05, 4.69) is 92.7 Å². The maximum atomic E-state index is 2.42. The van der Waals surface area contributed by atoms with Gasteiger partial charge in [0.05, 0.1) is 0 Å². The van der Waals surface area contributed by atoms with Gasteiger partial charge in [-0.05, 0) is 40.4 Å². The van der Waals surface area contributed by atoms with Crippen molar-refractivity contribution in [2.75, 3.05) is 0 Å². The topological polar surface area (TPSA) is 0 Å². The average Bonchev–Trinajstić information content (AvgIpc) is 2.32. The number of hydrogen-bond donors (Lipinski definition) is 0. The molecule has 0 aliphatic rings. The Morgan fingerprint density at radius 1 is 0.810 bits per heavy atom. The summed E-state index contributed by atoms with van der Waals surface area (Å²) < 4.78 is 0. The number of benzene rings is 1. The zero-order chi connectivity index (χ0) is 16.4. The molecule has 1 atom stereocenters. The maximum Gasteiger partial charge on any atom is 0.00411 e. The summed E-state index contributed by atoms with van der Waals surface area (Å²) in [4.78, 5) is 0. The van der Waals surface area contributed by atoms with Gasteiger partial charge in [0.1, 0.15) is 0 Å². The Hall–Kier alpha value is -1.04. The standard InChI is InChI=1S/C21H34/c1-10-11-19(15(2)3)16-12-17(20(4,5)6)14-18(13-16)21(7,8)9/h10-15,19H,1-9H3/b11-10-. The van der Waals surface area contributed by atoms with Crippen LogP contribution in [0.4, 0.5) is 0 Å². The molecular formula is C21H34. The summed E-state index contributed by atoms with van der Waals surface area (Å²) in [5, 5.41) is 0. The van der Waals surface area contributed by atoms with Gasteiger partial charge in [0, 0.05) is 5.92 Å². The van der Waals surface area contributed by atoms with Crippen molar-refractivity contribution in [1.29, 1.82) is 0 Å². The van der Waals surface area contributed by atoms with Gasteiger partial charge in [0.15, 0.2) is 0 Å². The molecule has 1 aromatic rings. The SMILES string of the molecule is C/C=C\C(c1cc(C(C)(C)C)cc(C(C)(C)C)c1)C(C)C. The van der Waals surface area contributed by atoms with Crippen LogP contribution in [0.25, 0.3) is 0 Å². The highest BCUT2D eigenvalue weighted by Crippen LogP contribution is 2.35. The Bertz CT molecular complexity index is 458. The Morgan fingerprint density at radius 2 is 1.24 bits per heavy atom. The summed E-state index contributed by atoms with van der Waals surface area (Å²) in [6.07, 6.45) is 4.53. The average molecular weight is 287 g/mol. The molecule has 0 saturated carbocycles. The summed E-state index contributed by atoms with van der Waals surface area (Å²) in [7, 11) is 0. The predicted molar refractivity (Wildman–Crippen MR) is 96.2 cm³/mol. The van der Waals surface area contributed by atoms with Gasteiger partial charge in [-0.2, -0.15) is 0 Å². The second-order valence-corrected chi connectivity index (χ2v) is 8.64. The van der Waals surface area contributed by atoms with Crippen molar-refractivity contribution in [3.8, 4) is 0 Å². The van der Waals surface area contributed by atoms with Gasteiger partial charge in [0.25, 0.3) is 0 Å². The second kappa shape index (κ2) is 6.38. The first-order valence-corrected chi connectivity index (χ1v) is 8.25. The fourth-order valence-corrected chi connectivity index (χ4v) is 2.64. The predicted octanol–water partition coefficient (Wildman–Crippen LogP) is 6.60. The Morgan fingerprint density at radius 3 is 1.52 bits per heavy atom. The molecule has 1 unspecified atom stereocenters. The van der Waals surface area contributed by atoms with E-state index in [1.54, 1.807) is 0 Å². The Kier molecular flexibility index (Phi) is 5.47. The third-order valence-corrected chi connectivity index (χ3v) is 4.19. The van der Waals surface area contributed by atoms with E-state index in [0.29, 0.717) is 11.8 Å². The van der Waals surface area contributed by atoms with Crippen LogP contribution < -0.4 is 0 Å². The molecule has 1 aromatic carbocycles. The molecule has 0 bridgehead atoms. The molecular weight excluding hydrogens is 252 g/mol. The lowest BCUT2D eigenvalue weighted by atomic mass is 9.76. The van der Waals surface area contributed by atoms with Crippen molar-refractivity contribution in [2.24, 2.45) is 5.92 Å². The monoisotopic (exact) mass is 286 g/mol. The van der Waals surface area contributed by atoms with Crippen LogP contribution >= 0.6 is 0 Å². The van der Waals surface area contributed by atoms with Crippen LogP contribution in [-0.2, 0) is 10.8 Å². The summed E-state index contributed by atoms with van der Waals surface area (Å²) >= 11 is 0. The minimum absolute atomic E-state index is 0.188. The molecule has 0 aromatic heterocycles. The Labute approximate surface area is 132 Å². The van der Waals surface area contributed by atoms with Crippen molar-refractivity contribution < 1.29 is 0 Å². The van der Waals surface area contributed by atoms with Gasteiger partial charge in [-0.1, -0.05) is 85.7 Å². The normalized spacial score (nSPS) is 15.0. The van der Waals surface area contributed by atoms with Crippen LogP contribution in [0.3, 0.4) is 0 Å². The summed E-state index contributed by atoms with van der Waals surface area (Å²) in [5.41, 5.74) is 4.72. The first kappa shape index (κ1) is 18.0. The van der Waals surface area contributed by atoms with Crippen LogP contribution in [0, 0.1) is 5.92 Å². The molecule has 0 amide bonds. The number of rotatable bonds is 3. The van der Waals surface area contributed by atoms with Crippen LogP contribution in [-0.4, -0.2) is 0 Å². The van der Waals surface area contributed by atoms with Crippen molar-refractivity contribution in [3.63, 3.8) is 0 Å². The molecule has 0 spiro atoms. The van der Waals surface area contributed by atoms with E-state index < -0.39 is 0 Å². The van der Waals surface area contributed by atoms with E-state index in [9.17, 15) is 0 Å². The van der Waals surface area contributed by atoms with Crippen molar-refractivity contribution in [2.45, 2.75) is 79.1 Å². The molecule has 0 aliphatic carbocycles. The minimum Gasteiger partial charge on any atom is -0.0910 e. The van der Waals surface area contributed by atoms with Crippen molar-refractivity contribution in [1.82, 2.24) is 0 Å². The maximum absolute atomic E-state index is 2.42. The molecule has 0 fully saturated rings. The van der Waals surface area contributed by atoms with Gasteiger partial charge in [-0.25, -0.2) is 0 Å². The molecule has 21 heavy (non-hydrogen) atoms. The van der Waals surface area contributed by atoms with Gasteiger partial charge in [-0.15, -0.1) is 0 Å². The quantitative estimate of drug-likeness (QED) is 0.549. The highest BCUT2D eigenvalue weighted by atomic mass is 14.3. The van der Waals surface area contributed by atoms with Crippen LogP contribution in [0.5, 0.6) is 0 Å². The summed E-state index contributed by atoms with van der Waals surface area (Å²) in [5.74, 6) is 1.11. The van der Waals surface area contributed by atoms with Gasteiger partial charge < -0.3 is 0 Å². The van der Waals surface area contributed by atoms with E-state index in [1.165, 1.54) is 16.7 Å². The highest BCUT2D eigenvalue weighted by Gasteiger charge is 2.23. The third kappa shape index (κ3) is 4.73. The van der Waals surface area contributed by atoms with E-state index in [1.807, 2.05) is 0 Å². The molecule has 0 aliphatic heterocycles. The highest BCUT2D eigenvalue weighted by molar-refractivity contribution is 5.40. The van der Waals surface area contributed by atoms with Crippen LogP contribution in [0.15, 0.2) is 30.4 Å². The van der Waals surface area contributed by atoms with Crippen molar-refractivity contribution in [3.05, 3.63) is 47.0 Å². The lowest BCUT2D eigenvalue weighted by Gasteiger charge is -2.28. The largest absolute Gasteiger partial charge is 0.0910 e. The van der Waals surface area contributed by atoms with Gasteiger partial charge in [-0.3, -0.25) is 0 Å². The fraction of sp³-hybridized carbons (Fsp3) is 0.619. The lowest BCUT2D eigenvalue weighted by Crippen LogP contribution is -2.18. The lowest BCUT2D eigenvalue weighted by molar-refractivity contribution is 0.550.